The van der Waals surface area contributed by atoms with E-state index in [0.717, 1.165) is 22.8 Å². The van der Waals surface area contributed by atoms with E-state index in [1.54, 1.807) is 20.9 Å². The zero-order valence-corrected chi connectivity index (χ0v) is 34.0. The van der Waals surface area contributed by atoms with Crippen LogP contribution in [0.1, 0.15) is 32.8 Å². The summed E-state index contributed by atoms with van der Waals surface area (Å²) in [6.07, 6.45) is 1.07. The normalized spacial score (nSPS) is 16.9. The number of carbonyl (C=O) groups excluding carboxylic acids is 1. The van der Waals surface area contributed by atoms with Crippen molar-refractivity contribution in [2.24, 2.45) is 0 Å². The van der Waals surface area contributed by atoms with E-state index in [0.29, 0.717) is 11.9 Å². The van der Waals surface area contributed by atoms with Crippen molar-refractivity contribution in [2.75, 3.05) is 85.1 Å². The van der Waals surface area contributed by atoms with Crippen LogP contribution in [0.5, 0.6) is 11.5 Å². The van der Waals surface area contributed by atoms with Crippen LogP contribution in [0, 0.1) is 10.1 Å². The van der Waals surface area contributed by atoms with E-state index < -0.39 is 68.9 Å². The first-order valence-electron chi connectivity index (χ1n) is 17.8. The maximum atomic E-state index is 12.0. The van der Waals surface area contributed by atoms with Gasteiger partial charge in [0.2, 0.25) is 0 Å². The van der Waals surface area contributed by atoms with Gasteiger partial charge in [-0.1, -0.05) is 6.92 Å². The summed E-state index contributed by atoms with van der Waals surface area (Å²) in [6, 6.07) is 11.1. The molecule has 2 aliphatic rings. The summed E-state index contributed by atoms with van der Waals surface area (Å²) in [7, 11) is 2.21. The highest BCUT2D eigenvalue weighted by atomic mass is 31.2. The summed E-state index contributed by atoms with van der Waals surface area (Å²) in [5.74, 6) is -4.12. The number of hydrogen-bond donors (Lipinski definition) is 5. The standard InChI is InChI=1S/C15H21N3O2.C10H16N2O8.C10H14NO6P/c1-15-7-8-17(3)13(15)18(4)12-6-5-10(9-11(12)15)20-14(19)16-2;13-7(14)3-11(4-8(15)16)1-2-12(5-9(17)18)6-10(19)20;1-3-15-18(14,16-4-2)17-10-7-5-9(6-8-10)11(12)13/h5-6,9,13H,7-8H2,1-4H3,(H,16,19);1-6H2,(H,13,14)(H,15,16)(H,17,18)(H,19,20);5-8H,3-4H2,1-2H3/t13-,15+;;/m1../s1. The number of phosphoric acid groups is 1. The first-order chi connectivity index (χ1) is 27.2. The third kappa shape index (κ3) is 14.8. The van der Waals surface area contributed by atoms with Crippen molar-refractivity contribution in [2.45, 2.75) is 38.8 Å². The second-order valence-electron chi connectivity index (χ2n) is 13.1. The summed E-state index contributed by atoms with van der Waals surface area (Å²) < 4.78 is 32.2. The summed E-state index contributed by atoms with van der Waals surface area (Å²) in [4.78, 5) is 70.4. The zero-order chi connectivity index (χ0) is 43.8. The molecule has 1 amide bonds. The molecule has 0 radical (unpaired) electrons. The van der Waals surface area contributed by atoms with Crippen molar-refractivity contribution in [3.05, 3.63) is 58.1 Å². The van der Waals surface area contributed by atoms with Crippen molar-refractivity contribution in [1.82, 2.24) is 20.0 Å². The molecule has 0 saturated carbocycles. The van der Waals surface area contributed by atoms with Gasteiger partial charge in [0.25, 0.3) is 5.69 Å². The van der Waals surface area contributed by atoms with Crippen LogP contribution in [0.2, 0.25) is 0 Å². The molecular weight excluding hydrogens is 791 g/mol. The van der Waals surface area contributed by atoms with Gasteiger partial charge in [0.05, 0.1) is 50.5 Å². The maximum absolute atomic E-state index is 12.0. The number of nitrogens with one attached hydrogen (secondary N) is 1. The second kappa shape index (κ2) is 22.5. The predicted octanol–water partition coefficient (Wildman–Crippen LogP) is 2.86. The van der Waals surface area contributed by atoms with E-state index in [4.69, 9.17) is 38.7 Å². The van der Waals surface area contributed by atoms with Gasteiger partial charge in [0, 0.05) is 57.0 Å². The summed E-state index contributed by atoms with van der Waals surface area (Å²) in [5, 5.41) is 47.4. The maximum Gasteiger partial charge on any atom is 0.530 e. The summed E-state index contributed by atoms with van der Waals surface area (Å²) >= 11 is 0. The monoisotopic (exact) mass is 842 g/mol. The lowest BCUT2D eigenvalue weighted by atomic mass is 9.81. The molecule has 1 fully saturated rings. The quantitative estimate of drug-likeness (QED) is 0.0772. The molecule has 4 rings (SSSR count). The average molecular weight is 843 g/mol. The number of ether oxygens (including phenoxy) is 1. The van der Waals surface area contributed by atoms with E-state index in [1.165, 1.54) is 35.5 Å². The van der Waals surface area contributed by atoms with Crippen LogP contribution in [0.4, 0.5) is 16.2 Å². The molecule has 1 saturated heterocycles. The fourth-order valence-electron chi connectivity index (χ4n) is 6.42. The minimum atomic E-state index is -3.65. The molecule has 2 aromatic rings. The average Bonchev–Trinajstić information content (AvgIpc) is 3.55. The van der Waals surface area contributed by atoms with Crippen molar-refractivity contribution in [3.63, 3.8) is 0 Å². The number of benzene rings is 2. The Hall–Kier alpha value is -5.38. The number of nitro groups is 1. The minimum absolute atomic E-state index is 0.0703. The Morgan fingerprint density at radius 1 is 0.862 bits per heavy atom. The van der Waals surface area contributed by atoms with Crippen LogP contribution in [0.25, 0.3) is 0 Å². The minimum Gasteiger partial charge on any atom is -0.480 e. The van der Waals surface area contributed by atoms with E-state index in [9.17, 15) is 38.7 Å². The first kappa shape index (κ1) is 48.8. The predicted molar refractivity (Wildman–Crippen MR) is 206 cm³/mol. The number of aliphatic carboxylic acids is 4. The largest absolute Gasteiger partial charge is 0.530 e. The number of amides is 1. The smallest absolute Gasteiger partial charge is 0.480 e. The van der Waals surface area contributed by atoms with E-state index in [1.807, 2.05) is 18.2 Å². The van der Waals surface area contributed by atoms with Gasteiger partial charge >= 0.3 is 37.8 Å². The SMILES string of the molecule is CCOP(=O)(OCC)Oc1ccc([N+](=O)[O-])cc1.CNC(=O)Oc1ccc2c(c1)[C@]1(C)CCN(C)[C@@H]1N2C.O=C(O)CN(CCN(CC(=O)O)CC(=O)O)CC(=O)O. The van der Waals surface area contributed by atoms with Crippen molar-refractivity contribution in [1.29, 1.82) is 0 Å². The number of non-ortho nitro benzene ring substituents is 1. The van der Waals surface area contributed by atoms with Crippen LogP contribution in [0.3, 0.4) is 0 Å². The highest BCUT2D eigenvalue weighted by Crippen LogP contribution is 2.52. The number of hydrogen-bond acceptors (Lipinski definition) is 16. The fraction of sp³-hybridized carbons (Fsp3) is 0.514. The molecule has 0 spiro atoms. The molecule has 2 aliphatic heterocycles. The van der Waals surface area contributed by atoms with Crippen LogP contribution >= 0.6 is 7.82 Å². The van der Waals surface area contributed by atoms with Gasteiger partial charge in [0.1, 0.15) is 11.5 Å². The topological polar surface area (TPSA) is 288 Å². The van der Waals surface area contributed by atoms with Gasteiger partial charge in [-0.15, -0.1) is 0 Å². The van der Waals surface area contributed by atoms with Crippen molar-refractivity contribution in [3.8, 4) is 11.5 Å². The Labute approximate surface area is 334 Å². The lowest BCUT2D eigenvalue weighted by Gasteiger charge is -2.32. The molecule has 0 aliphatic carbocycles. The third-order valence-corrected chi connectivity index (χ3v) is 10.3. The van der Waals surface area contributed by atoms with Crippen LogP contribution in [0.15, 0.2) is 42.5 Å². The molecule has 5 N–H and O–H groups in total. The molecule has 0 unspecified atom stereocenters. The van der Waals surface area contributed by atoms with Gasteiger partial charge < -0.3 is 39.9 Å². The number of nitro benzene ring substituents is 1. The zero-order valence-electron chi connectivity index (χ0n) is 33.1. The van der Waals surface area contributed by atoms with Gasteiger partial charge in [0.15, 0.2) is 0 Å². The van der Waals surface area contributed by atoms with E-state index in [2.05, 4.69) is 36.1 Å². The number of nitrogens with zero attached hydrogens (tertiary/aromatic N) is 5. The molecule has 2 atom stereocenters. The lowest BCUT2D eigenvalue weighted by molar-refractivity contribution is -0.384. The highest BCUT2D eigenvalue weighted by Gasteiger charge is 2.52. The Morgan fingerprint density at radius 2 is 1.33 bits per heavy atom. The highest BCUT2D eigenvalue weighted by molar-refractivity contribution is 7.48. The molecule has 58 heavy (non-hydrogen) atoms. The van der Waals surface area contributed by atoms with Crippen LogP contribution in [-0.4, -0.2) is 156 Å². The number of anilines is 1. The Balaban J connectivity index is 0.000000301. The number of fused-ring (bicyclic) bond motifs is 3. The number of carboxylic acid groups (broad SMARTS) is 4. The number of likely N-dealkylation sites (tertiary alicyclic amines) is 1. The summed E-state index contributed by atoms with van der Waals surface area (Å²) in [5.41, 5.74) is 2.52. The number of rotatable bonds is 19. The van der Waals surface area contributed by atoms with Crippen molar-refractivity contribution < 1.29 is 72.2 Å². The van der Waals surface area contributed by atoms with Crippen molar-refractivity contribution >= 4 is 49.2 Å². The fourth-order valence-corrected chi connectivity index (χ4v) is 7.61. The van der Waals surface area contributed by atoms with Crippen LogP contribution < -0.4 is 19.5 Å². The third-order valence-electron chi connectivity index (χ3n) is 8.72. The van der Waals surface area contributed by atoms with Crippen LogP contribution in [-0.2, 0) is 38.2 Å². The summed E-state index contributed by atoms with van der Waals surface area (Å²) in [6.45, 7) is 4.79. The first-order valence-corrected chi connectivity index (χ1v) is 19.3. The molecule has 23 heteroatoms. The number of carboxylic acids is 4. The molecule has 22 nitrogen and oxygen atoms in total. The number of phosphoric ester groups is 1. The molecule has 0 bridgehead atoms. The Bertz CT molecular complexity index is 1720. The lowest BCUT2D eigenvalue weighted by Crippen LogP contribution is -2.45. The van der Waals surface area contributed by atoms with E-state index >= 15 is 0 Å². The Kier molecular flexibility index (Phi) is 18.9. The molecule has 322 valence electrons. The second-order valence-corrected chi connectivity index (χ2v) is 14.7. The number of carbonyl (C=O) groups is 5. The molecule has 0 aromatic heterocycles. The van der Waals surface area contributed by atoms with E-state index in [-0.39, 0.29) is 43.2 Å². The number of likely N-dealkylation sites (N-methyl/N-ethyl adjacent to an activating group) is 2. The van der Waals surface area contributed by atoms with Gasteiger partial charge in [-0.2, -0.15) is 0 Å². The molecule has 2 heterocycles. The Morgan fingerprint density at radius 3 is 1.74 bits per heavy atom. The molecule has 2 aromatic carbocycles. The molecular formula is C35H51N6O16P. The van der Waals surface area contributed by atoms with Gasteiger partial charge in [-0.05, 0) is 63.2 Å². The van der Waals surface area contributed by atoms with Gasteiger partial charge in [-0.3, -0.25) is 53.0 Å². The van der Waals surface area contributed by atoms with Gasteiger partial charge in [-0.25, -0.2) is 9.36 Å².